The molecule has 0 bridgehead atoms. The number of amides is 2. The molecule has 3 heterocycles. The highest BCUT2D eigenvalue weighted by Crippen LogP contribution is 2.40. The number of thiophene rings is 1. The largest absolute Gasteiger partial charge is 0.462 e. The summed E-state index contributed by atoms with van der Waals surface area (Å²) in [6.45, 7) is 9.19. The van der Waals surface area contributed by atoms with E-state index < -0.39 is 5.97 Å². The van der Waals surface area contributed by atoms with Crippen molar-refractivity contribution >= 4 is 34.6 Å². The zero-order valence-corrected chi connectivity index (χ0v) is 17.4. The summed E-state index contributed by atoms with van der Waals surface area (Å²) in [6.07, 6.45) is 1.43. The lowest BCUT2D eigenvalue weighted by atomic mass is 9.93. The zero-order chi connectivity index (χ0) is 20.3. The van der Waals surface area contributed by atoms with Crippen LogP contribution in [0.5, 0.6) is 0 Å². The Morgan fingerprint density at radius 1 is 1.29 bits per heavy atom. The molecule has 1 saturated heterocycles. The second kappa shape index (κ2) is 8.59. The maximum atomic E-state index is 12.6. The molecule has 2 amide bonds. The smallest absolute Gasteiger partial charge is 0.341 e. The number of carbonyl (C=O) groups excluding carboxylic acids is 3. The Labute approximate surface area is 168 Å². The molecule has 1 fully saturated rings. The van der Waals surface area contributed by atoms with Crippen molar-refractivity contribution in [3.8, 4) is 0 Å². The lowest BCUT2D eigenvalue weighted by Crippen LogP contribution is -2.48. The molecule has 0 aliphatic carbocycles. The Bertz CT molecular complexity index is 753. The predicted molar refractivity (Wildman–Crippen MR) is 106 cm³/mol. The molecule has 154 valence electrons. The van der Waals surface area contributed by atoms with E-state index >= 15 is 0 Å². The van der Waals surface area contributed by atoms with Crippen molar-refractivity contribution in [2.75, 3.05) is 44.6 Å². The van der Waals surface area contributed by atoms with Crippen molar-refractivity contribution in [3.05, 3.63) is 16.0 Å². The molecule has 0 aromatic carbocycles. The topological polar surface area (TPSA) is 88.2 Å². The number of anilines is 1. The number of nitrogens with zero attached hydrogens (tertiary/aromatic N) is 2. The first-order valence-corrected chi connectivity index (χ1v) is 10.3. The third kappa shape index (κ3) is 4.71. The lowest BCUT2D eigenvalue weighted by molar-refractivity contribution is -0.120. The van der Waals surface area contributed by atoms with E-state index in [0.29, 0.717) is 49.8 Å². The Hall–Kier alpha value is -1.97. The summed E-state index contributed by atoms with van der Waals surface area (Å²) in [7, 11) is 0. The van der Waals surface area contributed by atoms with Gasteiger partial charge in [0.1, 0.15) is 5.00 Å². The van der Waals surface area contributed by atoms with Crippen LogP contribution in [-0.4, -0.2) is 73.0 Å². The van der Waals surface area contributed by atoms with Crippen LogP contribution in [0.1, 0.15) is 41.6 Å². The van der Waals surface area contributed by atoms with E-state index in [4.69, 9.17) is 9.47 Å². The molecule has 2 aliphatic rings. The molecular weight excluding hydrogens is 382 g/mol. The first-order chi connectivity index (χ1) is 13.3. The van der Waals surface area contributed by atoms with Gasteiger partial charge in [0.05, 0.1) is 30.9 Å². The van der Waals surface area contributed by atoms with Crippen molar-refractivity contribution in [1.82, 2.24) is 9.80 Å². The van der Waals surface area contributed by atoms with Gasteiger partial charge >= 0.3 is 5.97 Å². The average molecular weight is 410 g/mol. The van der Waals surface area contributed by atoms with E-state index in [9.17, 15) is 14.4 Å². The molecule has 1 aromatic rings. The molecule has 2 aliphatic heterocycles. The van der Waals surface area contributed by atoms with E-state index in [0.717, 1.165) is 16.9 Å². The van der Waals surface area contributed by atoms with Gasteiger partial charge < -0.3 is 19.7 Å². The van der Waals surface area contributed by atoms with Crippen LogP contribution in [0.3, 0.4) is 0 Å². The fraction of sp³-hybridized carbons (Fsp3) is 0.632. The fourth-order valence-corrected chi connectivity index (χ4v) is 4.59. The molecule has 0 saturated carbocycles. The molecule has 1 aromatic heterocycles. The van der Waals surface area contributed by atoms with Crippen molar-refractivity contribution < 1.29 is 23.9 Å². The van der Waals surface area contributed by atoms with Gasteiger partial charge in [-0.15, -0.1) is 11.3 Å². The molecular formula is C19H27N3O5S. The van der Waals surface area contributed by atoms with Gasteiger partial charge in [0.25, 0.3) is 0 Å². The van der Waals surface area contributed by atoms with Gasteiger partial charge in [0, 0.05) is 37.5 Å². The van der Waals surface area contributed by atoms with E-state index in [2.05, 4.69) is 5.32 Å². The van der Waals surface area contributed by atoms with Crippen molar-refractivity contribution in [2.24, 2.45) is 0 Å². The minimum atomic E-state index is -0.410. The van der Waals surface area contributed by atoms with E-state index in [1.54, 1.807) is 11.8 Å². The van der Waals surface area contributed by atoms with E-state index in [1.807, 2.05) is 18.7 Å². The van der Waals surface area contributed by atoms with E-state index in [1.165, 1.54) is 11.3 Å². The summed E-state index contributed by atoms with van der Waals surface area (Å²) in [5.41, 5.74) is 1.00. The normalized spacial score (nSPS) is 19.0. The summed E-state index contributed by atoms with van der Waals surface area (Å²) in [4.78, 5) is 40.6. The van der Waals surface area contributed by atoms with Crippen LogP contribution in [-0.2, 0) is 32.1 Å². The number of hydrogen-bond donors (Lipinski definition) is 1. The Balaban J connectivity index is 1.74. The number of carbonyl (C=O) groups is 3. The van der Waals surface area contributed by atoms with Crippen LogP contribution in [0.25, 0.3) is 0 Å². The highest BCUT2D eigenvalue weighted by Gasteiger charge is 2.34. The quantitative estimate of drug-likeness (QED) is 0.566. The SMILES string of the molecule is CCOC(=O)c1c(NC(=O)CN2CCN(C=O)CC2)sc2c1CC(C)(C)OC2. The molecule has 3 rings (SSSR count). The summed E-state index contributed by atoms with van der Waals surface area (Å²) in [6, 6.07) is 0. The molecule has 9 heteroatoms. The monoisotopic (exact) mass is 409 g/mol. The molecule has 0 spiro atoms. The van der Waals surface area contributed by atoms with Gasteiger partial charge in [0.2, 0.25) is 12.3 Å². The predicted octanol–water partition coefficient (Wildman–Crippen LogP) is 1.49. The molecule has 0 atom stereocenters. The highest BCUT2D eigenvalue weighted by atomic mass is 32.1. The molecule has 0 radical (unpaired) electrons. The minimum absolute atomic E-state index is 0.177. The molecule has 28 heavy (non-hydrogen) atoms. The van der Waals surface area contributed by atoms with Gasteiger partial charge in [-0.05, 0) is 26.3 Å². The summed E-state index contributed by atoms with van der Waals surface area (Å²) >= 11 is 1.38. The number of rotatable bonds is 6. The van der Waals surface area contributed by atoms with Crippen LogP contribution >= 0.6 is 11.3 Å². The third-order valence-electron chi connectivity index (χ3n) is 4.94. The van der Waals surface area contributed by atoms with Crippen LogP contribution in [0.4, 0.5) is 5.00 Å². The van der Waals surface area contributed by atoms with E-state index in [-0.39, 0.29) is 24.7 Å². The molecule has 0 unspecified atom stereocenters. The van der Waals surface area contributed by atoms with Gasteiger partial charge in [-0.2, -0.15) is 0 Å². The highest BCUT2D eigenvalue weighted by molar-refractivity contribution is 7.17. The zero-order valence-electron chi connectivity index (χ0n) is 16.6. The van der Waals surface area contributed by atoms with Gasteiger partial charge in [0.15, 0.2) is 0 Å². The first-order valence-electron chi connectivity index (χ1n) is 9.50. The Morgan fingerprint density at radius 3 is 2.64 bits per heavy atom. The summed E-state index contributed by atoms with van der Waals surface area (Å²) in [5.74, 6) is -0.587. The number of nitrogens with one attached hydrogen (secondary N) is 1. The average Bonchev–Trinajstić information content (AvgIpc) is 2.98. The second-order valence-corrected chi connectivity index (χ2v) is 8.72. The number of piperazine rings is 1. The third-order valence-corrected chi connectivity index (χ3v) is 6.06. The van der Waals surface area contributed by atoms with Crippen molar-refractivity contribution in [1.29, 1.82) is 0 Å². The minimum Gasteiger partial charge on any atom is -0.462 e. The van der Waals surface area contributed by atoms with Crippen LogP contribution in [0.2, 0.25) is 0 Å². The standard InChI is InChI=1S/C19H27N3O5S/c1-4-26-18(25)16-13-9-19(2,3)27-11-14(13)28-17(16)20-15(24)10-21-5-7-22(12-23)8-6-21/h12H,4-11H2,1-3H3,(H,20,24). The van der Waals surface area contributed by atoms with Crippen molar-refractivity contribution in [3.63, 3.8) is 0 Å². The van der Waals surface area contributed by atoms with Crippen LogP contribution in [0.15, 0.2) is 0 Å². The summed E-state index contributed by atoms with van der Waals surface area (Å²) < 4.78 is 11.1. The number of esters is 1. The fourth-order valence-electron chi connectivity index (χ4n) is 3.46. The first kappa shape index (κ1) is 20.8. The van der Waals surface area contributed by atoms with Gasteiger partial charge in [-0.1, -0.05) is 0 Å². The Kier molecular flexibility index (Phi) is 6.36. The number of fused-ring (bicyclic) bond motifs is 1. The van der Waals surface area contributed by atoms with Crippen LogP contribution in [0, 0.1) is 0 Å². The maximum Gasteiger partial charge on any atom is 0.341 e. The molecule has 8 nitrogen and oxygen atoms in total. The second-order valence-electron chi connectivity index (χ2n) is 7.62. The Morgan fingerprint density at radius 2 is 2.00 bits per heavy atom. The van der Waals surface area contributed by atoms with Gasteiger partial charge in [-0.3, -0.25) is 14.5 Å². The number of ether oxygens (including phenoxy) is 2. The summed E-state index contributed by atoms with van der Waals surface area (Å²) in [5, 5.41) is 3.43. The maximum absolute atomic E-state index is 12.6. The van der Waals surface area contributed by atoms with Crippen molar-refractivity contribution in [2.45, 2.75) is 39.4 Å². The lowest BCUT2D eigenvalue weighted by Gasteiger charge is -2.31. The molecule has 1 N–H and O–H groups in total. The van der Waals surface area contributed by atoms with Gasteiger partial charge in [-0.25, -0.2) is 4.79 Å². The number of hydrogen-bond acceptors (Lipinski definition) is 7. The van der Waals surface area contributed by atoms with Crippen LogP contribution < -0.4 is 5.32 Å².